The van der Waals surface area contributed by atoms with Gasteiger partial charge in [-0.1, -0.05) is 23.2 Å². The zero-order valence-corrected chi connectivity index (χ0v) is 21.8. The van der Waals surface area contributed by atoms with E-state index in [-0.39, 0.29) is 33.6 Å². The molecule has 1 heterocycles. The highest BCUT2D eigenvalue weighted by molar-refractivity contribution is 9.11. The molecule has 12 heteroatoms. The Hall–Kier alpha value is -3.05. The lowest BCUT2D eigenvalue weighted by molar-refractivity contribution is -0.384. The Morgan fingerprint density at radius 2 is 1.71 bits per heavy atom. The van der Waals surface area contributed by atoms with E-state index in [1.807, 2.05) is 0 Å². The number of nitro groups is 1. The maximum Gasteiger partial charge on any atom is 0.363 e. The summed E-state index contributed by atoms with van der Waals surface area (Å²) in [5.74, 6) is -1.14. The number of halogens is 4. The molecule has 0 bridgehead atoms. The second kappa shape index (κ2) is 10.3. The minimum atomic E-state index is -0.722. The van der Waals surface area contributed by atoms with Crippen molar-refractivity contribution in [2.75, 3.05) is 0 Å². The summed E-state index contributed by atoms with van der Waals surface area (Å²) in [5, 5.41) is 11.4. The quantitative estimate of drug-likeness (QED) is 0.0978. The summed E-state index contributed by atoms with van der Waals surface area (Å²) in [6.07, 6.45) is 1.47. The molecule has 35 heavy (non-hydrogen) atoms. The van der Waals surface area contributed by atoms with Crippen LogP contribution in [0.2, 0.25) is 10.0 Å². The normalized spacial score (nSPS) is 14.0. The molecule has 3 aromatic rings. The van der Waals surface area contributed by atoms with E-state index in [0.29, 0.717) is 25.1 Å². The minimum Gasteiger partial charge on any atom is -0.421 e. The van der Waals surface area contributed by atoms with E-state index in [1.165, 1.54) is 18.2 Å². The van der Waals surface area contributed by atoms with Gasteiger partial charge in [0.05, 0.1) is 30.0 Å². The Morgan fingerprint density at radius 3 is 2.31 bits per heavy atom. The van der Waals surface area contributed by atoms with Crippen molar-refractivity contribution >= 4 is 84.7 Å². The van der Waals surface area contributed by atoms with Gasteiger partial charge in [0.15, 0.2) is 11.4 Å². The molecule has 0 N–H and O–H groups in total. The predicted molar refractivity (Wildman–Crippen MR) is 137 cm³/mol. The van der Waals surface area contributed by atoms with Gasteiger partial charge in [0.2, 0.25) is 5.90 Å². The number of ether oxygens (including phenoxy) is 2. The number of nitro benzene ring substituents is 1. The van der Waals surface area contributed by atoms with Gasteiger partial charge in [-0.25, -0.2) is 14.6 Å². The Labute approximate surface area is 224 Å². The summed E-state index contributed by atoms with van der Waals surface area (Å²) in [5.41, 5.74) is 0.882. The van der Waals surface area contributed by atoms with Crippen molar-refractivity contribution in [1.29, 1.82) is 0 Å². The number of hydrogen-bond acceptors (Lipinski definition) is 7. The maximum absolute atomic E-state index is 12.4. The first kappa shape index (κ1) is 25.1. The fourth-order valence-electron chi connectivity index (χ4n) is 2.97. The lowest BCUT2D eigenvalue weighted by Gasteiger charge is -2.10. The van der Waals surface area contributed by atoms with E-state index in [9.17, 15) is 19.7 Å². The summed E-state index contributed by atoms with van der Waals surface area (Å²) in [4.78, 5) is 39.3. The molecule has 1 aliphatic rings. The van der Waals surface area contributed by atoms with E-state index in [1.54, 1.807) is 36.4 Å². The van der Waals surface area contributed by atoms with Crippen molar-refractivity contribution < 1.29 is 24.0 Å². The molecule has 0 radical (unpaired) electrons. The van der Waals surface area contributed by atoms with E-state index in [2.05, 4.69) is 36.9 Å². The van der Waals surface area contributed by atoms with Crippen molar-refractivity contribution in [3.8, 4) is 5.75 Å². The van der Waals surface area contributed by atoms with Crippen LogP contribution in [0.1, 0.15) is 21.5 Å². The Balaban J connectivity index is 1.59. The number of non-ortho nitro benzene ring substituents is 1. The summed E-state index contributed by atoms with van der Waals surface area (Å²) in [7, 11) is 0. The summed E-state index contributed by atoms with van der Waals surface area (Å²) in [6.45, 7) is 0. The standard InChI is InChI=1S/C23H10Br2Cl2N2O6/c24-16-7-11(8-17(25)20(16)34-22(30)12-1-3-13(26)4-2-12)9-19-23(31)35-21(28-19)15-6-5-14(29(32)33)10-18(15)27/h1-10H/b19-9-. The molecule has 4 rings (SSSR count). The van der Waals surface area contributed by atoms with Crippen molar-refractivity contribution in [3.63, 3.8) is 0 Å². The third-order valence-corrected chi connectivity index (χ3v) is 6.36. The number of hydrogen-bond donors (Lipinski definition) is 0. The van der Waals surface area contributed by atoms with Gasteiger partial charge >= 0.3 is 11.9 Å². The highest BCUT2D eigenvalue weighted by Crippen LogP contribution is 2.36. The van der Waals surface area contributed by atoms with Gasteiger partial charge in [0, 0.05) is 17.2 Å². The SMILES string of the molecule is O=C1OC(c2ccc([N+](=O)[O-])cc2Cl)=N/C1=C\c1cc(Br)c(OC(=O)c2ccc(Cl)cc2)c(Br)c1. The van der Waals surface area contributed by atoms with Crippen molar-refractivity contribution in [1.82, 2.24) is 0 Å². The second-order valence-electron chi connectivity index (χ2n) is 6.97. The Bertz CT molecular complexity index is 1430. The van der Waals surface area contributed by atoms with Crippen molar-refractivity contribution in [2.45, 2.75) is 0 Å². The number of carbonyl (C=O) groups excluding carboxylic acids is 2. The molecule has 0 saturated carbocycles. The van der Waals surface area contributed by atoms with Crippen LogP contribution < -0.4 is 4.74 Å². The average Bonchev–Trinajstić information content (AvgIpc) is 3.16. The van der Waals surface area contributed by atoms with Crippen LogP contribution in [-0.4, -0.2) is 22.8 Å². The van der Waals surface area contributed by atoms with E-state index in [0.717, 1.165) is 6.07 Å². The molecule has 0 saturated heterocycles. The average molecular weight is 641 g/mol. The number of carbonyl (C=O) groups is 2. The number of cyclic esters (lactones) is 1. The predicted octanol–water partition coefficient (Wildman–Crippen LogP) is 6.99. The fourth-order valence-corrected chi connectivity index (χ4v) is 4.74. The Morgan fingerprint density at radius 1 is 1.06 bits per heavy atom. The first-order chi connectivity index (χ1) is 16.6. The zero-order valence-electron chi connectivity index (χ0n) is 17.1. The lowest BCUT2D eigenvalue weighted by Crippen LogP contribution is -2.09. The molecule has 0 atom stereocenters. The highest BCUT2D eigenvalue weighted by atomic mass is 79.9. The van der Waals surface area contributed by atoms with Crippen molar-refractivity contribution in [2.24, 2.45) is 4.99 Å². The number of benzene rings is 3. The molecule has 0 spiro atoms. The van der Waals surface area contributed by atoms with Crippen LogP contribution in [0.3, 0.4) is 0 Å². The molecule has 0 aromatic heterocycles. The van der Waals surface area contributed by atoms with Crippen LogP contribution in [0.4, 0.5) is 5.69 Å². The first-order valence-corrected chi connectivity index (χ1v) is 11.9. The van der Waals surface area contributed by atoms with Gasteiger partial charge in [-0.3, -0.25) is 10.1 Å². The molecule has 0 aliphatic carbocycles. The first-order valence-electron chi connectivity index (χ1n) is 9.56. The fraction of sp³-hybridized carbons (Fsp3) is 0. The minimum absolute atomic E-state index is 0.0147. The Kier molecular flexibility index (Phi) is 7.36. The van der Waals surface area contributed by atoms with Crippen LogP contribution >= 0.6 is 55.1 Å². The van der Waals surface area contributed by atoms with Gasteiger partial charge in [-0.05, 0) is 86.0 Å². The summed E-state index contributed by atoms with van der Waals surface area (Å²) >= 11 is 18.7. The van der Waals surface area contributed by atoms with Gasteiger partial charge in [0.1, 0.15) is 0 Å². The van der Waals surface area contributed by atoms with Crippen LogP contribution in [0.5, 0.6) is 5.75 Å². The third kappa shape index (κ3) is 5.62. The molecule has 0 amide bonds. The van der Waals surface area contributed by atoms with Gasteiger partial charge in [0.25, 0.3) is 5.69 Å². The van der Waals surface area contributed by atoms with Gasteiger partial charge < -0.3 is 9.47 Å². The molecule has 8 nitrogen and oxygen atoms in total. The zero-order chi connectivity index (χ0) is 25.3. The second-order valence-corrected chi connectivity index (χ2v) is 9.52. The smallest absolute Gasteiger partial charge is 0.363 e. The third-order valence-electron chi connectivity index (χ3n) is 4.61. The molecular weight excluding hydrogens is 631 g/mol. The maximum atomic E-state index is 12.4. The molecule has 1 aliphatic heterocycles. The topological polar surface area (TPSA) is 108 Å². The van der Waals surface area contributed by atoms with E-state index in [4.69, 9.17) is 32.7 Å². The number of aliphatic imine (C=N–C) groups is 1. The molecule has 3 aromatic carbocycles. The van der Waals surface area contributed by atoms with Gasteiger partial charge in [-0.2, -0.15) is 0 Å². The molecule has 0 fully saturated rings. The van der Waals surface area contributed by atoms with Crippen LogP contribution in [0.15, 0.2) is 74.2 Å². The molecule has 0 unspecified atom stereocenters. The highest BCUT2D eigenvalue weighted by Gasteiger charge is 2.27. The molecular formula is C23H10Br2Cl2N2O6. The number of rotatable bonds is 5. The number of esters is 2. The van der Waals surface area contributed by atoms with E-state index < -0.39 is 16.9 Å². The summed E-state index contributed by atoms with van der Waals surface area (Å²) < 4.78 is 11.6. The largest absolute Gasteiger partial charge is 0.421 e. The van der Waals surface area contributed by atoms with E-state index >= 15 is 0 Å². The van der Waals surface area contributed by atoms with Crippen molar-refractivity contribution in [3.05, 3.63) is 106 Å². The molecule has 176 valence electrons. The number of nitrogens with zero attached hydrogens (tertiary/aromatic N) is 2. The van der Waals surface area contributed by atoms with Crippen LogP contribution in [-0.2, 0) is 9.53 Å². The monoisotopic (exact) mass is 638 g/mol. The lowest BCUT2D eigenvalue weighted by atomic mass is 10.2. The van der Waals surface area contributed by atoms with Gasteiger partial charge in [-0.15, -0.1) is 0 Å². The van der Waals surface area contributed by atoms with Crippen LogP contribution in [0, 0.1) is 10.1 Å². The van der Waals surface area contributed by atoms with Crippen LogP contribution in [0.25, 0.3) is 6.08 Å². The summed E-state index contributed by atoms with van der Waals surface area (Å²) in [6, 6.07) is 13.2.